The monoisotopic (exact) mass is 295 g/mol. The first-order valence-electron chi connectivity index (χ1n) is 7.02. The van der Waals surface area contributed by atoms with E-state index in [4.69, 9.17) is 4.74 Å². The van der Waals surface area contributed by atoms with Gasteiger partial charge < -0.3 is 15.0 Å². The van der Waals surface area contributed by atoms with Crippen molar-refractivity contribution >= 4 is 11.4 Å². The second-order valence-electron chi connectivity index (χ2n) is 5.83. The smallest absolute Gasteiger partial charge is 0.295 e. The van der Waals surface area contributed by atoms with Gasteiger partial charge in [0, 0.05) is 31.1 Å². The number of benzene rings is 1. The maximum Gasteiger partial charge on any atom is 0.295 e. The predicted molar refractivity (Wildman–Crippen MR) is 76.4 cm³/mol. The van der Waals surface area contributed by atoms with Crippen molar-refractivity contribution in [3.63, 3.8) is 0 Å². The van der Waals surface area contributed by atoms with Crippen molar-refractivity contribution in [2.24, 2.45) is 5.41 Å². The van der Waals surface area contributed by atoms with Gasteiger partial charge in [-0.15, -0.1) is 0 Å². The Morgan fingerprint density at radius 3 is 2.90 bits per heavy atom. The molecule has 0 amide bonds. The average Bonchev–Trinajstić information content (AvgIpc) is 3.09. The number of halogens is 1. The van der Waals surface area contributed by atoms with E-state index in [0.29, 0.717) is 5.69 Å². The van der Waals surface area contributed by atoms with Gasteiger partial charge in [-0.2, -0.15) is 0 Å². The highest BCUT2D eigenvalue weighted by atomic mass is 19.1. The molecule has 0 bridgehead atoms. The van der Waals surface area contributed by atoms with Crippen LogP contribution >= 0.6 is 0 Å². The molecule has 1 aromatic carbocycles. The minimum absolute atomic E-state index is 0.0427. The van der Waals surface area contributed by atoms with E-state index in [1.54, 1.807) is 0 Å². The fourth-order valence-electron chi connectivity index (χ4n) is 3.37. The molecule has 21 heavy (non-hydrogen) atoms. The third-order valence-corrected chi connectivity index (χ3v) is 4.56. The lowest BCUT2D eigenvalue weighted by molar-refractivity contribution is -0.384. The van der Waals surface area contributed by atoms with Crippen LogP contribution in [0.1, 0.15) is 12.8 Å². The molecular formula is C14H18FN3O3. The Morgan fingerprint density at radius 2 is 2.29 bits per heavy atom. The second kappa shape index (κ2) is 5.14. The van der Waals surface area contributed by atoms with Gasteiger partial charge in [-0.3, -0.25) is 10.1 Å². The summed E-state index contributed by atoms with van der Waals surface area (Å²) < 4.78 is 18.7. The van der Waals surface area contributed by atoms with Crippen molar-refractivity contribution in [3.8, 4) is 5.75 Å². The van der Waals surface area contributed by atoms with Gasteiger partial charge in [-0.1, -0.05) is 0 Å². The van der Waals surface area contributed by atoms with Crippen LogP contribution in [0.3, 0.4) is 0 Å². The summed E-state index contributed by atoms with van der Waals surface area (Å²) in [7, 11) is 1.36. The number of rotatable bonds is 3. The van der Waals surface area contributed by atoms with E-state index < -0.39 is 10.7 Å². The van der Waals surface area contributed by atoms with E-state index >= 15 is 0 Å². The Labute approximate surface area is 122 Å². The van der Waals surface area contributed by atoms with E-state index in [-0.39, 0.29) is 16.9 Å². The van der Waals surface area contributed by atoms with Crippen LogP contribution in [0, 0.1) is 21.3 Å². The molecular weight excluding hydrogens is 277 g/mol. The third kappa shape index (κ3) is 2.42. The van der Waals surface area contributed by atoms with Crippen molar-refractivity contribution in [1.82, 2.24) is 5.32 Å². The van der Waals surface area contributed by atoms with Crippen LogP contribution in [-0.2, 0) is 0 Å². The first kappa shape index (κ1) is 14.1. The van der Waals surface area contributed by atoms with Crippen molar-refractivity contribution in [2.45, 2.75) is 12.8 Å². The van der Waals surface area contributed by atoms with E-state index in [1.165, 1.54) is 13.2 Å². The average molecular weight is 295 g/mol. The molecule has 2 fully saturated rings. The molecule has 0 aliphatic carbocycles. The normalized spacial score (nSPS) is 24.8. The summed E-state index contributed by atoms with van der Waals surface area (Å²) in [5.41, 5.74) is 0.438. The summed E-state index contributed by atoms with van der Waals surface area (Å²) >= 11 is 0. The highest BCUT2D eigenvalue weighted by Crippen LogP contribution is 2.42. The van der Waals surface area contributed by atoms with Crippen molar-refractivity contribution in [2.75, 3.05) is 38.2 Å². The molecule has 2 aliphatic heterocycles. The van der Waals surface area contributed by atoms with E-state index in [9.17, 15) is 14.5 Å². The summed E-state index contributed by atoms with van der Waals surface area (Å²) in [5, 5.41) is 14.6. The van der Waals surface area contributed by atoms with Gasteiger partial charge in [-0.05, 0) is 19.4 Å². The minimum Gasteiger partial charge on any atom is -0.494 e. The van der Waals surface area contributed by atoms with Crippen LogP contribution in [0.5, 0.6) is 5.75 Å². The summed E-state index contributed by atoms with van der Waals surface area (Å²) in [6, 6.07) is 2.39. The fourth-order valence-corrected chi connectivity index (χ4v) is 3.37. The zero-order chi connectivity index (χ0) is 15.0. The molecule has 1 N–H and O–H groups in total. The Kier molecular flexibility index (Phi) is 3.44. The lowest BCUT2D eigenvalue weighted by Crippen LogP contribution is -2.29. The zero-order valence-electron chi connectivity index (χ0n) is 11.9. The van der Waals surface area contributed by atoms with Crippen LogP contribution in [-0.4, -0.2) is 38.2 Å². The molecule has 1 spiro atoms. The maximum absolute atomic E-state index is 13.7. The van der Waals surface area contributed by atoms with Crippen LogP contribution in [0.4, 0.5) is 15.8 Å². The standard InChI is InChI=1S/C14H18FN3O3/c1-21-13-7-11(12(18(19)20)6-10(13)15)17-5-3-14(9-17)2-4-16-8-14/h6-7,16H,2-5,8-9H2,1H3. The minimum atomic E-state index is -0.704. The molecule has 1 aromatic rings. The van der Waals surface area contributed by atoms with Crippen LogP contribution < -0.4 is 15.0 Å². The van der Waals surface area contributed by atoms with Gasteiger partial charge in [0.2, 0.25) is 0 Å². The SMILES string of the molecule is COc1cc(N2CCC3(CCNC3)C2)c([N+](=O)[O-])cc1F. The number of methoxy groups -OCH3 is 1. The van der Waals surface area contributed by atoms with Gasteiger partial charge in [-0.25, -0.2) is 4.39 Å². The highest BCUT2D eigenvalue weighted by molar-refractivity contribution is 5.67. The Morgan fingerprint density at radius 1 is 1.48 bits per heavy atom. The summed E-state index contributed by atoms with van der Waals surface area (Å²) in [6.07, 6.45) is 2.08. The molecule has 0 radical (unpaired) electrons. The van der Waals surface area contributed by atoms with E-state index in [0.717, 1.165) is 45.1 Å². The first-order chi connectivity index (χ1) is 10.0. The molecule has 2 saturated heterocycles. The number of nitro benzene ring substituents is 1. The quantitative estimate of drug-likeness (QED) is 0.682. The van der Waals surface area contributed by atoms with Gasteiger partial charge in [0.25, 0.3) is 5.69 Å². The number of nitro groups is 1. The molecule has 6 nitrogen and oxygen atoms in total. The highest BCUT2D eigenvalue weighted by Gasteiger charge is 2.42. The van der Waals surface area contributed by atoms with Crippen molar-refractivity contribution < 1.29 is 14.1 Å². The summed E-state index contributed by atoms with van der Waals surface area (Å²) in [6.45, 7) is 3.44. The van der Waals surface area contributed by atoms with Crippen LogP contribution in [0.2, 0.25) is 0 Å². The third-order valence-electron chi connectivity index (χ3n) is 4.56. The first-order valence-corrected chi connectivity index (χ1v) is 7.02. The molecule has 2 heterocycles. The van der Waals surface area contributed by atoms with E-state index in [2.05, 4.69) is 5.32 Å². The molecule has 114 valence electrons. The summed E-state index contributed by atoms with van der Waals surface area (Å²) in [5.74, 6) is -0.662. The van der Waals surface area contributed by atoms with Crippen molar-refractivity contribution in [3.05, 3.63) is 28.1 Å². The zero-order valence-corrected chi connectivity index (χ0v) is 11.9. The molecule has 0 saturated carbocycles. The molecule has 0 aromatic heterocycles. The predicted octanol–water partition coefficient (Wildman–Crippen LogP) is 1.93. The van der Waals surface area contributed by atoms with Gasteiger partial charge >= 0.3 is 0 Å². The number of nitrogens with one attached hydrogen (secondary N) is 1. The number of ether oxygens (including phenoxy) is 1. The molecule has 1 unspecified atom stereocenters. The lowest BCUT2D eigenvalue weighted by Gasteiger charge is -2.24. The number of nitrogens with zero attached hydrogens (tertiary/aromatic N) is 2. The van der Waals surface area contributed by atoms with E-state index in [1.807, 2.05) is 4.90 Å². The summed E-state index contributed by atoms with van der Waals surface area (Å²) in [4.78, 5) is 12.6. The second-order valence-corrected chi connectivity index (χ2v) is 5.83. The van der Waals surface area contributed by atoms with Gasteiger partial charge in [0.05, 0.1) is 18.1 Å². The largest absolute Gasteiger partial charge is 0.494 e. The van der Waals surface area contributed by atoms with Gasteiger partial charge in [0.1, 0.15) is 5.69 Å². The molecule has 7 heteroatoms. The fraction of sp³-hybridized carbons (Fsp3) is 0.571. The lowest BCUT2D eigenvalue weighted by atomic mass is 9.86. The maximum atomic E-state index is 13.7. The topological polar surface area (TPSA) is 67.6 Å². The number of anilines is 1. The molecule has 1 atom stereocenters. The molecule has 2 aliphatic rings. The van der Waals surface area contributed by atoms with Crippen LogP contribution in [0.25, 0.3) is 0 Å². The Balaban J connectivity index is 1.95. The Hall–Kier alpha value is -1.89. The van der Waals surface area contributed by atoms with Crippen LogP contribution in [0.15, 0.2) is 12.1 Å². The van der Waals surface area contributed by atoms with Gasteiger partial charge in [0.15, 0.2) is 11.6 Å². The number of hydrogen-bond donors (Lipinski definition) is 1. The number of hydrogen-bond acceptors (Lipinski definition) is 5. The Bertz CT molecular complexity index is 573. The van der Waals surface area contributed by atoms with Crippen molar-refractivity contribution in [1.29, 1.82) is 0 Å². The molecule has 3 rings (SSSR count).